The van der Waals surface area contributed by atoms with Crippen LogP contribution in [0.1, 0.15) is 54.1 Å². The summed E-state index contributed by atoms with van der Waals surface area (Å²) in [6.07, 6.45) is 0. The first kappa shape index (κ1) is 34.6. The van der Waals surface area contributed by atoms with Gasteiger partial charge in [-0.15, -0.1) is 0 Å². The molecule has 4 nitrogen and oxygen atoms in total. The molecule has 0 bridgehead atoms. The Balaban J connectivity index is 1.29. The van der Waals surface area contributed by atoms with Crippen molar-refractivity contribution >= 4 is 44.3 Å². The Bertz CT molecular complexity index is 2650. The molecule has 54 heavy (non-hydrogen) atoms. The second-order valence-corrected chi connectivity index (χ2v) is 14.7. The largest absolute Gasteiger partial charge is 0.545 e. The van der Waals surface area contributed by atoms with E-state index in [0.29, 0.717) is 21.9 Å². The average molecular weight is 703 g/mol. The lowest BCUT2D eigenvalue weighted by Gasteiger charge is -2.21. The first-order valence-electron chi connectivity index (χ1n) is 18.2. The maximum absolute atomic E-state index is 13.0. The van der Waals surface area contributed by atoms with E-state index in [0.717, 1.165) is 88.3 Å². The van der Waals surface area contributed by atoms with Crippen molar-refractivity contribution in [2.24, 2.45) is 0 Å². The molecule has 0 saturated carbocycles. The summed E-state index contributed by atoms with van der Waals surface area (Å²) in [5.74, 6) is -2.43. The van der Waals surface area contributed by atoms with Crippen LogP contribution in [0.2, 0.25) is 0 Å². The highest BCUT2D eigenvalue weighted by Crippen LogP contribution is 2.42. The molecular weight excluding hydrogens is 665 g/mol. The minimum Gasteiger partial charge on any atom is -0.545 e. The van der Waals surface area contributed by atoms with E-state index in [1.165, 1.54) is 0 Å². The van der Waals surface area contributed by atoms with Crippen molar-refractivity contribution in [1.29, 1.82) is 0 Å². The summed E-state index contributed by atoms with van der Waals surface area (Å²) in [5.41, 5.74) is 13.2. The van der Waals surface area contributed by atoms with Gasteiger partial charge in [0.15, 0.2) is 0 Å². The van der Waals surface area contributed by atoms with Gasteiger partial charge in [0.2, 0.25) is 0 Å². The van der Waals surface area contributed by atoms with Crippen molar-refractivity contribution in [3.05, 3.63) is 166 Å². The number of carbonyl (C=O) groups is 2. The van der Waals surface area contributed by atoms with E-state index in [1.54, 1.807) is 0 Å². The van der Waals surface area contributed by atoms with Crippen LogP contribution in [0, 0.1) is 41.5 Å². The number of carboxylic acids is 2. The van der Waals surface area contributed by atoms with Gasteiger partial charge in [-0.05, 0) is 153 Å². The molecular formula is C50H38O4-2. The third-order valence-electron chi connectivity index (χ3n) is 10.9. The number of hydrogen-bond donors (Lipinski definition) is 0. The lowest BCUT2D eigenvalue weighted by atomic mass is 9.85. The lowest BCUT2D eigenvalue weighted by Crippen LogP contribution is -2.24. The monoisotopic (exact) mass is 702 g/mol. The topological polar surface area (TPSA) is 80.3 Å². The molecule has 8 rings (SSSR count). The predicted molar refractivity (Wildman–Crippen MR) is 218 cm³/mol. The Morgan fingerprint density at radius 1 is 0.389 bits per heavy atom. The Labute approximate surface area is 315 Å². The van der Waals surface area contributed by atoms with E-state index in [2.05, 4.69) is 36.4 Å². The number of rotatable bonds is 6. The fraction of sp³-hybridized carbons (Fsp3) is 0.120. The van der Waals surface area contributed by atoms with Crippen LogP contribution in [-0.4, -0.2) is 11.9 Å². The van der Waals surface area contributed by atoms with Crippen LogP contribution in [0.5, 0.6) is 0 Å². The van der Waals surface area contributed by atoms with Crippen LogP contribution in [0.3, 0.4) is 0 Å². The van der Waals surface area contributed by atoms with Crippen LogP contribution >= 0.6 is 0 Å². The summed E-state index contributed by atoms with van der Waals surface area (Å²) < 4.78 is 0. The SMILES string of the molecule is Cc1cc(C)c(-c2ccc3cccc(-c4ccc5cc(-c6cccc7ccc(-c8c(C)cc(C)cc8C)c(C(=O)[O-])c67)ccc5c4)c3c2C(=O)[O-])c(C)c1. The van der Waals surface area contributed by atoms with Gasteiger partial charge in [-0.25, -0.2) is 0 Å². The standard InChI is InChI=1S/C50H40O4/c1-27-21-29(3)43(30(4)22-27)41-19-17-33-9-7-11-39(45(33)47(41)49(51)52)37-15-13-36-26-38(16-14-35(36)25-37)40-12-8-10-34-18-20-42(48(46(34)40)50(53)54)44-31(5)23-28(2)24-32(44)6/h7-26H,1-6H3,(H,51,52)(H,53,54)/p-2. The van der Waals surface area contributed by atoms with Gasteiger partial charge in [0.05, 0.1) is 11.9 Å². The summed E-state index contributed by atoms with van der Waals surface area (Å²) in [7, 11) is 0. The summed E-state index contributed by atoms with van der Waals surface area (Å²) >= 11 is 0. The fourth-order valence-corrected chi connectivity index (χ4v) is 8.87. The molecule has 0 spiro atoms. The van der Waals surface area contributed by atoms with Gasteiger partial charge in [0.25, 0.3) is 0 Å². The summed E-state index contributed by atoms with van der Waals surface area (Å²) in [5, 5.41) is 30.9. The molecule has 264 valence electrons. The summed E-state index contributed by atoms with van der Waals surface area (Å²) in [6, 6.07) is 40.1. The molecule has 0 heterocycles. The molecule has 0 amide bonds. The molecule has 0 saturated heterocycles. The molecule has 8 aromatic carbocycles. The van der Waals surface area contributed by atoms with Crippen LogP contribution in [0.4, 0.5) is 0 Å². The number of aryl methyl sites for hydroxylation is 6. The Hall–Kier alpha value is -6.52. The van der Waals surface area contributed by atoms with Crippen LogP contribution in [0.15, 0.2) is 121 Å². The number of benzene rings is 8. The predicted octanol–water partition coefficient (Wildman–Crippen LogP) is 10.4. The molecule has 4 heteroatoms. The zero-order valence-corrected chi connectivity index (χ0v) is 31.2. The number of carbonyl (C=O) groups excluding carboxylic acids is 2. The first-order valence-corrected chi connectivity index (χ1v) is 18.2. The van der Waals surface area contributed by atoms with Gasteiger partial charge in [-0.1, -0.05) is 120 Å². The van der Waals surface area contributed by atoms with E-state index in [9.17, 15) is 19.8 Å². The Morgan fingerprint density at radius 3 is 1.09 bits per heavy atom. The van der Waals surface area contributed by atoms with Crippen molar-refractivity contribution in [3.8, 4) is 44.5 Å². The molecule has 0 atom stereocenters. The smallest absolute Gasteiger partial charge is 0.0728 e. The highest BCUT2D eigenvalue weighted by atomic mass is 16.4. The molecule has 0 unspecified atom stereocenters. The van der Waals surface area contributed by atoms with Crippen molar-refractivity contribution in [2.45, 2.75) is 41.5 Å². The molecule has 0 aliphatic rings. The second-order valence-electron chi connectivity index (χ2n) is 14.7. The molecule has 0 aliphatic carbocycles. The molecule has 8 aromatic rings. The molecule has 0 fully saturated rings. The van der Waals surface area contributed by atoms with E-state index >= 15 is 0 Å². The van der Waals surface area contributed by atoms with Gasteiger partial charge in [0.1, 0.15) is 0 Å². The normalized spacial score (nSPS) is 11.4. The van der Waals surface area contributed by atoms with E-state index in [4.69, 9.17) is 0 Å². The minimum atomic E-state index is -1.21. The van der Waals surface area contributed by atoms with Crippen LogP contribution in [0.25, 0.3) is 76.8 Å². The van der Waals surface area contributed by atoms with E-state index in [-0.39, 0.29) is 11.1 Å². The molecule has 0 N–H and O–H groups in total. The van der Waals surface area contributed by atoms with Crippen LogP contribution in [-0.2, 0) is 0 Å². The highest BCUT2D eigenvalue weighted by Gasteiger charge is 2.20. The van der Waals surface area contributed by atoms with E-state index in [1.807, 2.05) is 126 Å². The number of carboxylic acid groups (broad SMARTS) is 2. The Morgan fingerprint density at radius 2 is 0.741 bits per heavy atom. The van der Waals surface area contributed by atoms with Crippen molar-refractivity contribution in [2.75, 3.05) is 0 Å². The van der Waals surface area contributed by atoms with Gasteiger partial charge in [-0.3, -0.25) is 0 Å². The lowest BCUT2D eigenvalue weighted by molar-refractivity contribution is -0.255. The fourth-order valence-electron chi connectivity index (χ4n) is 8.87. The van der Waals surface area contributed by atoms with Gasteiger partial charge in [0, 0.05) is 11.1 Å². The maximum Gasteiger partial charge on any atom is 0.0728 e. The molecule has 0 aliphatic heterocycles. The third kappa shape index (κ3) is 5.71. The number of hydrogen-bond acceptors (Lipinski definition) is 4. The quantitative estimate of drug-likeness (QED) is 0.173. The second kappa shape index (κ2) is 13.2. The zero-order chi connectivity index (χ0) is 38.0. The first-order chi connectivity index (χ1) is 25.9. The average Bonchev–Trinajstić information content (AvgIpc) is 3.12. The zero-order valence-electron chi connectivity index (χ0n) is 31.2. The third-order valence-corrected chi connectivity index (χ3v) is 10.9. The van der Waals surface area contributed by atoms with Crippen LogP contribution < -0.4 is 10.2 Å². The summed E-state index contributed by atoms with van der Waals surface area (Å²) in [4.78, 5) is 26.0. The number of aromatic carboxylic acids is 2. The summed E-state index contributed by atoms with van der Waals surface area (Å²) in [6.45, 7) is 12.2. The number of fused-ring (bicyclic) bond motifs is 3. The Kier molecular flexibility index (Phi) is 8.42. The van der Waals surface area contributed by atoms with Crippen molar-refractivity contribution < 1.29 is 19.8 Å². The van der Waals surface area contributed by atoms with Gasteiger partial charge < -0.3 is 19.8 Å². The van der Waals surface area contributed by atoms with Crippen molar-refractivity contribution in [1.82, 2.24) is 0 Å². The maximum atomic E-state index is 13.0. The minimum absolute atomic E-state index is 0.184. The molecule has 0 radical (unpaired) electrons. The highest BCUT2D eigenvalue weighted by molar-refractivity contribution is 6.16. The molecule has 0 aromatic heterocycles. The van der Waals surface area contributed by atoms with Gasteiger partial charge in [-0.2, -0.15) is 0 Å². The van der Waals surface area contributed by atoms with Gasteiger partial charge >= 0.3 is 0 Å². The van der Waals surface area contributed by atoms with Crippen molar-refractivity contribution in [3.63, 3.8) is 0 Å². The van der Waals surface area contributed by atoms with E-state index < -0.39 is 11.9 Å².